The molecule has 0 saturated heterocycles. The monoisotopic (exact) mass is 516 g/mol. The van der Waals surface area contributed by atoms with Gasteiger partial charge < -0.3 is 10.6 Å². The number of nitrogens with zero attached hydrogens (tertiary/aromatic N) is 4. The number of urea groups is 1. The standard InChI is InChI=1S/C27H28N6O3S/c1-4-21-10-5-6-11-24(21)29-26(34)28-19(3)25-30-31-27(37-17-20-9-7-8-18(2)16-20)32(25)22-12-14-23(15-13-22)33(35)36/h5-16,19H,4,17H2,1-3H3,(H2,28,29,34). The predicted molar refractivity (Wildman–Crippen MR) is 145 cm³/mol. The third kappa shape index (κ3) is 6.34. The summed E-state index contributed by atoms with van der Waals surface area (Å²) in [6, 6.07) is 21.2. The Labute approximate surface area is 219 Å². The number of rotatable bonds is 9. The van der Waals surface area contributed by atoms with E-state index in [0.29, 0.717) is 22.4 Å². The number of hydrogen-bond acceptors (Lipinski definition) is 6. The maximum Gasteiger partial charge on any atom is 0.319 e. The van der Waals surface area contributed by atoms with Gasteiger partial charge in [-0.15, -0.1) is 10.2 Å². The van der Waals surface area contributed by atoms with Crippen molar-refractivity contribution in [2.45, 2.75) is 44.1 Å². The normalized spacial score (nSPS) is 11.6. The van der Waals surface area contributed by atoms with Crippen LogP contribution in [0.1, 0.15) is 42.4 Å². The van der Waals surface area contributed by atoms with Crippen molar-refractivity contribution < 1.29 is 9.72 Å². The van der Waals surface area contributed by atoms with Gasteiger partial charge >= 0.3 is 6.03 Å². The number of para-hydroxylation sites is 1. The Morgan fingerprint density at radius 1 is 1.08 bits per heavy atom. The quantitative estimate of drug-likeness (QED) is 0.155. The largest absolute Gasteiger partial charge is 0.328 e. The summed E-state index contributed by atoms with van der Waals surface area (Å²) in [4.78, 5) is 23.5. The number of nitro benzene ring substituents is 1. The van der Waals surface area contributed by atoms with E-state index >= 15 is 0 Å². The van der Waals surface area contributed by atoms with E-state index in [1.165, 1.54) is 29.5 Å². The fourth-order valence-corrected chi connectivity index (χ4v) is 4.84. The lowest BCUT2D eigenvalue weighted by Gasteiger charge is -2.17. The fourth-order valence-electron chi connectivity index (χ4n) is 3.94. The number of benzene rings is 3. The van der Waals surface area contributed by atoms with E-state index in [1.54, 1.807) is 12.1 Å². The van der Waals surface area contributed by atoms with E-state index in [-0.39, 0.29) is 11.7 Å². The topological polar surface area (TPSA) is 115 Å². The summed E-state index contributed by atoms with van der Waals surface area (Å²) in [5.74, 6) is 1.18. The predicted octanol–water partition coefficient (Wildman–Crippen LogP) is 6.22. The molecule has 0 saturated carbocycles. The van der Waals surface area contributed by atoms with Crippen molar-refractivity contribution in [2.24, 2.45) is 0 Å². The van der Waals surface area contributed by atoms with Crippen molar-refractivity contribution >= 4 is 29.2 Å². The first-order valence-electron chi connectivity index (χ1n) is 11.9. The number of non-ortho nitro benzene ring substituents is 1. The van der Waals surface area contributed by atoms with E-state index in [4.69, 9.17) is 0 Å². The van der Waals surface area contributed by atoms with Crippen LogP contribution in [0, 0.1) is 17.0 Å². The number of carbonyl (C=O) groups excluding carboxylic acids is 1. The zero-order valence-corrected chi connectivity index (χ0v) is 21.7. The second-order valence-electron chi connectivity index (χ2n) is 8.56. The van der Waals surface area contributed by atoms with E-state index in [1.807, 2.05) is 61.7 Å². The van der Waals surface area contributed by atoms with E-state index in [9.17, 15) is 14.9 Å². The van der Waals surface area contributed by atoms with Crippen LogP contribution in [0.3, 0.4) is 0 Å². The van der Waals surface area contributed by atoms with Crippen molar-refractivity contribution in [2.75, 3.05) is 5.32 Å². The van der Waals surface area contributed by atoms with Crippen molar-refractivity contribution in [3.8, 4) is 5.69 Å². The van der Waals surface area contributed by atoms with Crippen LogP contribution in [0.5, 0.6) is 0 Å². The number of carbonyl (C=O) groups is 1. The van der Waals surface area contributed by atoms with Gasteiger partial charge in [-0.25, -0.2) is 4.79 Å². The molecular formula is C27H28N6O3S. The molecule has 0 aliphatic heterocycles. The average molecular weight is 517 g/mol. The number of anilines is 1. The molecule has 0 aliphatic carbocycles. The number of nitrogens with one attached hydrogen (secondary N) is 2. The minimum absolute atomic E-state index is 0.00696. The molecule has 0 bridgehead atoms. The van der Waals surface area contributed by atoms with Crippen LogP contribution in [0.2, 0.25) is 0 Å². The van der Waals surface area contributed by atoms with E-state index in [2.05, 4.69) is 33.0 Å². The highest BCUT2D eigenvalue weighted by Crippen LogP contribution is 2.29. The molecule has 1 atom stereocenters. The molecule has 4 rings (SSSR count). The first-order valence-corrected chi connectivity index (χ1v) is 12.9. The van der Waals surface area contributed by atoms with E-state index < -0.39 is 11.0 Å². The summed E-state index contributed by atoms with van der Waals surface area (Å²) in [5.41, 5.74) is 4.76. The molecule has 37 heavy (non-hydrogen) atoms. The highest BCUT2D eigenvalue weighted by Gasteiger charge is 2.22. The Hall–Kier alpha value is -4.18. The second kappa shape index (κ2) is 11.7. The summed E-state index contributed by atoms with van der Waals surface area (Å²) >= 11 is 1.51. The maximum atomic E-state index is 12.8. The molecule has 2 amide bonds. The van der Waals surface area contributed by atoms with Crippen LogP contribution < -0.4 is 10.6 Å². The van der Waals surface area contributed by atoms with Crippen LogP contribution in [-0.2, 0) is 12.2 Å². The lowest BCUT2D eigenvalue weighted by atomic mass is 10.1. The minimum atomic E-state index is -0.496. The van der Waals surface area contributed by atoms with Crippen molar-refractivity contribution in [1.29, 1.82) is 0 Å². The lowest BCUT2D eigenvalue weighted by Crippen LogP contribution is -2.32. The van der Waals surface area contributed by atoms with Gasteiger partial charge in [0.25, 0.3) is 5.69 Å². The zero-order valence-electron chi connectivity index (χ0n) is 20.8. The van der Waals surface area contributed by atoms with Crippen molar-refractivity contribution in [3.63, 3.8) is 0 Å². The maximum absolute atomic E-state index is 12.8. The molecular weight excluding hydrogens is 488 g/mol. The molecule has 0 spiro atoms. The van der Waals surface area contributed by atoms with Gasteiger partial charge in [0.1, 0.15) is 0 Å². The van der Waals surface area contributed by atoms with Crippen molar-refractivity contribution in [3.05, 3.63) is 105 Å². The SMILES string of the molecule is CCc1ccccc1NC(=O)NC(C)c1nnc(SCc2cccc(C)c2)n1-c1ccc([N+](=O)[O-])cc1. The summed E-state index contributed by atoms with van der Waals surface area (Å²) in [6.07, 6.45) is 0.794. The molecule has 2 N–H and O–H groups in total. The summed E-state index contributed by atoms with van der Waals surface area (Å²) in [5, 5.41) is 26.4. The Morgan fingerprint density at radius 2 is 1.84 bits per heavy atom. The van der Waals surface area contributed by atoms with Gasteiger partial charge in [-0.3, -0.25) is 14.7 Å². The number of nitro groups is 1. The molecule has 0 fully saturated rings. The van der Waals surface area contributed by atoms with Gasteiger partial charge in [-0.2, -0.15) is 0 Å². The molecule has 4 aromatic rings. The molecule has 190 valence electrons. The summed E-state index contributed by atoms with van der Waals surface area (Å²) in [6.45, 7) is 5.90. The first kappa shape index (κ1) is 25.9. The van der Waals surface area contributed by atoms with Crippen molar-refractivity contribution in [1.82, 2.24) is 20.1 Å². The second-order valence-corrected chi connectivity index (χ2v) is 9.50. The zero-order chi connectivity index (χ0) is 26.4. The third-order valence-corrected chi connectivity index (χ3v) is 6.81. The number of aromatic nitrogens is 3. The fraction of sp³-hybridized carbons (Fsp3) is 0.222. The van der Waals surface area contributed by atoms with Crippen LogP contribution in [0.4, 0.5) is 16.2 Å². The smallest absolute Gasteiger partial charge is 0.319 e. The van der Waals surface area contributed by atoms with Gasteiger partial charge in [0.2, 0.25) is 0 Å². The molecule has 0 aliphatic rings. The van der Waals surface area contributed by atoms with Crippen LogP contribution in [0.15, 0.2) is 78.0 Å². The first-order chi connectivity index (χ1) is 17.9. The molecule has 0 radical (unpaired) electrons. The highest BCUT2D eigenvalue weighted by atomic mass is 32.2. The minimum Gasteiger partial charge on any atom is -0.328 e. The molecule has 1 heterocycles. The number of aryl methyl sites for hydroxylation is 2. The van der Waals surface area contributed by atoms with E-state index in [0.717, 1.165) is 23.2 Å². The Kier molecular flexibility index (Phi) is 8.19. The number of hydrogen-bond donors (Lipinski definition) is 2. The molecule has 9 nitrogen and oxygen atoms in total. The Balaban J connectivity index is 1.60. The Morgan fingerprint density at radius 3 is 2.54 bits per heavy atom. The van der Waals surface area contributed by atoms with Gasteiger partial charge in [-0.05, 0) is 49.6 Å². The van der Waals surface area contributed by atoms with Gasteiger partial charge in [0.15, 0.2) is 11.0 Å². The number of thioether (sulfide) groups is 1. The summed E-state index contributed by atoms with van der Waals surface area (Å²) in [7, 11) is 0. The molecule has 1 unspecified atom stereocenters. The summed E-state index contributed by atoms with van der Waals surface area (Å²) < 4.78 is 1.83. The number of amides is 2. The van der Waals surface area contributed by atoms with Gasteiger partial charge in [0.05, 0.1) is 11.0 Å². The third-order valence-electron chi connectivity index (χ3n) is 5.81. The van der Waals surface area contributed by atoms with Gasteiger partial charge in [0, 0.05) is 29.3 Å². The van der Waals surface area contributed by atoms with Crippen LogP contribution in [0.25, 0.3) is 5.69 Å². The van der Waals surface area contributed by atoms with Crippen LogP contribution in [-0.4, -0.2) is 25.7 Å². The highest BCUT2D eigenvalue weighted by molar-refractivity contribution is 7.98. The average Bonchev–Trinajstić information content (AvgIpc) is 3.32. The molecule has 3 aromatic carbocycles. The van der Waals surface area contributed by atoms with Gasteiger partial charge in [-0.1, -0.05) is 66.7 Å². The lowest BCUT2D eigenvalue weighted by molar-refractivity contribution is -0.384. The Bertz CT molecular complexity index is 1400. The van der Waals surface area contributed by atoms with Crippen LogP contribution >= 0.6 is 11.8 Å². The molecule has 1 aromatic heterocycles. The molecule has 10 heteroatoms.